The number of hydrogen-bond donors (Lipinski definition) is 1. The number of amides is 2. The molecule has 0 rings (SSSR count). The first-order chi connectivity index (χ1) is 8.97. The second-order valence-electron chi connectivity index (χ2n) is 4.04. The maximum atomic E-state index is 11.2. The van der Waals surface area contributed by atoms with Crippen LogP contribution in [0.1, 0.15) is 33.1 Å². The van der Waals surface area contributed by atoms with Crippen LogP contribution in [0.2, 0.25) is 0 Å². The van der Waals surface area contributed by atoms with Crippen molar-refractivity contribution < 1.29 is 14.4 Å². The van der Waals surface area contributed by atoms with E-state index in [1.54, 1.807) is 18.3 Å². The lowest BCUT2D eigenvalue weighted by atomic mass is 10.2. The second-order valence-corrected chi connectivity index (χ2v) is 4.04. The summed E-state index contributed by atoms with van der Waals surface area (Å²) in [6.45, 7) is 3.50. The van der Waals surface area contributed by atoms with Gasteiger partial charge < -0.3 is 10.1 Å². The molecule has 2 amide bonds. The maximum absolute atomic E-state index is 11.2. The standard InChI is InChI=1S/C13H19N3O3/c1-11(17)6-7-13(19)15-8-4-3-5-9-16(10-14)12(2)18/h3-4H,5-9H2,1-2H3,(H,15,19)/b4-3+. The molecule has 0 heterocycles. The molecule has 6 heteroatoms. The van der Waals surface area contributed by atoms with Gasteiger partial charge in [0, 0.05) is 32.9 Å². The van der Waals surface area contributed by atoms with E-state index in [2.05, 4.69) is 5.32 Å². The average Bonchev–Trinajstić information content (AvgIpc) is 2.35. The molecule has 0 saturated carbocycles. The van der Waals surface area contributed by atoms with Gasteiger partial charge in [0.1, 0.15) is 5.78 Å². The molecular weight excluding hydrogens is 246 g/mol. The van der Waals surface area contributed by atoms with Crippen molar-refractivity contribution in [3.63, 3.8) is 0 Å². The Bertz CT molecular complexity index is 396. The fourth-order valence-corrected chi connectivity index (χ4v) is 1.23. The van der Waals surface area contributed by atoms with Gasteiger partial charge in [-0.15, -0.1) is 0 Å². The van der Waals surface area contributed by atoms with E-state index in [-0.39, 0.29) is 30.4 Å². The highest BCUT2D eigenvalue weighted by Gasteiger charge is 2.04. The highest BCUT2D eigenvalue weighted by Crippen LogP contribution is 1.92. The van der Waals surface area contributed by atoms with Gasteiger partial charge in [0.2, 0.25) is 11.8 Å². The molecule has 0 radical (unpaired) electrons. The van der Waals surface area contributed by atoms with E-state index in [1.165, 1.54) is 13.8 Å². The number of carbonyl (C=O) groups excluding carboxylic acids is 3. The Morgan fingerprint density at radius 2 is 1.89 bits per heavy atom. The smallest absolute Gasteiger partial charge is 0.232 e. The average molecular weight is 265 g/mol. The molecule has 1 N–H and O–H groups in total. The minimum atomic E-state index is -0.284. The van der Waals surface area contributed by atoms with Crippen LogP contribution in [-0.4, -0.2) is 35.6 Å². The SMILES string of the molecule is CC(=O)CCC(=O)NC/C=C/CCN(C#N)C(C)=O. The van der Waals surface area contributed by atoms with Crippen LogP contribution in [0.4, 0.5) is 0 Å². The minimum absolute atomic E-state index is 0.00785. The van der Waals surface area contributed by atoms with Crippen LogP contribution in [0.15, 0.2) is 12.2 Å². The fourth-order valence-electron chi connectivity index (χ4n) is 1.23. The summed E-state index contributed by atoms with van der Waals surface area (Å²) in [4.78, 5) is 33.9. The molecule has 6 nitrogen and oxygen atoms in total. The summed E-state index contributed by atoms with van der Waals surface area (Å²) in [5, 5.41) is 11.3. The van der Waals surface area contributed by atoms with Crippen LogP contribution in [-0.2, 0) is 14.4 Å². The predicted molar refractivity (Wildman–Crippen MR) is 69.7 cm³/mol. The van der Waals surface area contributed by atoms with Crippen LogP contribution in [0.25, 0.3) is 0 Å². The molecule has 19 heavy (non-hydrogen) atoms. The molecule has 0 unspecified atom stereocenters. The normalized spacial score (nSPS) is 9.95. The number of nitriles is 1. The fraction of sp³-hybridized carbons (Fsp3) is 0.538. The first kappa shape index (κ1) is 16.8. The molecule has 0 bridgehead atoms. The van der Waals surface area contributed by atoms with Crippen molar-refractivity contribution in [1.29, 1.82) is 5.26 Å². The quantitative estimate of drug-likeness (QED) is 0.398. The van der Waals surface area contributed by atoms with Crippen molar-refractivity contribution in [3.05, 3.63) is 12.2 Å². The number of nitrogens with one attached hydrogen (secondary N) is 1. The zero-order valence-corrected chi connectivity index (χ0v) is 11.3. The number of ketones is 1. The van der Waals surface area contributed by atoms with Crippen LogP contribution >= 0.6 is 0 Å². The third-order valence-electron chi connectivity index (χ3n) is 2.31. The van der Waals surface area contributed by atoms with E-state index in [0.717, 1.165) is 4.90 Å². The lowest BCUT2D eigenvalue weighted by Gasteiger charge is -2.08. The van der Waals surface area contributed by atoms with Gasteiger partial charge in [-0.25, -0.2) is 4.90 Å². The molecule has 0 atom stereocenters. The van der Waals surface area contributed by atoms with Crippen LogP contribution in [0, 0.1) is 11.5 Å². The zero-order chi connectivity index (χ0) is 14.7. The number of hydrogen-bond acceptors (Lipinski definition) is 4. The lowest BCUT2D eigenvalue weighted by molar-refractivity contribution is -0.125. The summed E-state index contributed by atoms with van der Waals surface area (Å²) in [6.07, 6.45) is 6.34. The van der Waals surface area contributed by atoms with Gasteiger partial charge in [-0.1, -0.05) is 12.2 Å². The summed E-state index contributed by atoms with van der Waals surface area (Å²) < 4.78 is 0. The van der Waals surface area contributed by atoms with Crippen molar-refractivity contribution in [2.24, 2.45) is 0 Å². The third kappa shape index (κ3) is 9.53. The number of carbonyl (C=O) groups is 3. The van der Waals surface area contributed by atoms with Gasteiger partial charge in [-0.3, -0.25) is 9.59 Å². The molecule has 0 aromatic rings. The highest BCUT2D eigenvalue weighted by molar-refractivity contribution is 5.83. The van der Waals surface area contributed by atoms with Crippen molar-refractivity contribution >= 4 is 17.6 Å². The minimum Gasteiger partial charge on any atom is -0.353 e. The van der Waals surface area contributed by atoms with E-state index in [1.807, 2.05) is 0 Å². The summed E-state index contributed by atoms with van der Waals surface area (Å²) >= 11 is 0. The van der Waals surface area contributed by atoms with Crippen molar-refractivity contribution in [2.45, 2.75) is 33.1 Å². The molecular formula is C13H19N3O3. The van der Waals surface area contributed by atoms with E-state index in [0.29, 0.717) is 19.5 Å². The summed E-state index contributed by atoms with van der Waals surface area (Å²) in [7, 11) is 0. The summed E-state index contributed by atoms with van der Waals surface area (Å²) in [6, 6.07) is 0. The van der Waals surface area contributed by atoms with E-state index in [9.17, 15) is 14.4 Å². The molecule has 0 aliphatic carbocycles. The van der Waals surface area contributed by atoms with E-state index >= 15 is 0 Å². The summed E-state index contributed by atoms with van der Waals surface area (Å²) in [5.74, 6) is -0.456. The molecule has 0 aromatic heterocycles. The Morgan fingerprint density at radius 1 is 1.21 bits per heavy atom. The summed E-state index contributed by atoms with van der Waals surface area (Å²) in [5.41, 5.74) is 0. The number of nitrogens with zero attached hydrogens (tertiary/aromatic N) is 2. The second kappa shape index (κ2) is 9.83. The largest absolute Gasteiger partial charge is 0.353 e. The lowest BCUT2D eigenvalue weighted by Crippen LogP contribution is -2.24. The maximum Gasteiger partial charge on any atom is 0.232 e. The van der Waals surface area contributed by atoms with Crippen LogP contribution < -0.4 is 5.32 Å². The van der Waals surface area contributed by atoms with Crippen molar-refractivity contribution in [2.75, 3.05) is 13.1 Å². The van der Waals surface area contributed by atoms with Crippen molar-refractivity contribution in [3.8, 4) is 6.19 Å². The van der Waals surface area contributed by atoms with Crippen LogP contribution in [0.5, 0.6) is 0 Å². The monoisotopic (exact) mass is 265 g/mol. The van der Waals surface area contributed by atoms with Gasteiger partial charge in [0.05, 0.1) is 0 Å². The van der Waals surface area contributed by atoms with E-state index in [4.69, 9.17) is 5.26 Å². The zero-order valence-electron chi connectivity index (χ0n) is 11.3. The van der Waals surface area contributed by atoms with Crippen molar-refractivity contribution in [1.82, 2.24) is 10.2 Å². The Kier molecular flexibility index (Phi) is 8.71. The first-order valence-corrected chi connectivity index (χ1v) is 6.06. The Balaban J connectivity index is 3.70. The van der Waals surface area contributed by atoms with E-state index < -0.39 is 0 Å². The Hall–Kier alpha value is -2.16. The Labute approximate surface area is 113 Å². The first-order valence-electron chi connectivity index (χ1n) is 6.06. The molecule has 0 spiro atoms. The highest BCUT2D eigenvalue weighted by atomic mass is 16.2. The molecule has 0 aliphatic heterocycles. The van der Waals surface area contributed by atoms with Gasteiger partial charge in [-0.05, 0) is 13.3 Å². The predicted octanol–water partition coefficient (Wildman–Crippen LogP) is 0.748. The Morgan fingerprint density at radius 3 is 2.42 bits per heavy atom. The molecule has 0 fully saturated rings. The van der Waals surface area contributed by atoms with Gasteiger partial charge in [0.25, 0.3) is 0 Å². The van der Waals surface area contributed by atoms with Crippen LogP contribution in [0.3, 0.4) is 0 Å². The number of rotatable bonds is 8. The van der Waals surface area contributed by atoms with Gasteiger partial charge >= 0.3 is 0 Å². The molecule has 104 valence electrons. The van der Waals surface area contributed by atoms with Gasteiger partial charge in [-0.2, -0.15) is 5.26 Å². The number of Topliss-reactive ketones (excluding diaryl/α,β-unsaturated/α-hetero) is 1. The topological polar surface area (TPSA) is 90.3 Å². The molecule has 0 aliphatic rings. The molecule has 0 aromatic carbocycles. The molecule has 0 saturated heterocycles. The third-order valence-corrected chi connectivity index (χ3v) is 2.31. The van der Waals surface area contributed by atoms with Gasteiger partial charge in [0.15, 0.2) is 6.19 Å².